The number of anilines is 2. The van der Waals surface area contributed by atoms with E-state index in [0.29, 0.717) is 24.6 Å². The molecular formula is C23H25N5O. The van der Waals surface area contributed by atoms with E-state index in [2.05, 4.69) is 44.5 Å². The maximum absolute atomic E-state index is 12.9. The Labute approximate surface area is 171 Å². The predicted octanol–water partition coefficient (Wildman–Crippen LogP) is 3.49. The second kappa shape index (κ2) is 8.84. The molecule has 0 aliphatic carbocycles. The van der Waals surface area contributed by atoms with E-state index in [0.717, 1.165) is 30.9 Å². The van der Waals surface area contributed by atoms with E-state index < -0.39 is 0 Å². The highest BCUT2D eigenvalue weighted by Crippen LogP contribution is 2.19. The molecule has 0 radical (unpaired) electrons. The Hall–Kier alpha value is -3.25. The first-order valence-electron chi connectivity index (χ1n) is 9.89. The van der Waals surface area contributed by atoms with Crippen molar-refractivity contribution in [1.82, 2.24) is 19.8 Å². The minimum atomic E-state index is -0.0420. The maximum Gasteiger partial charge on any atom is 0.272 e. The summed E-state index contributed by atoms with van der Waals surface area (Å²) in [6, 6.07) is 20.2. The van der Waals surface area contributed by atoms with Crippen LogP contribution in [0, 0.1) is 6.92 Å². The molecule has 1 aromatic heterocycles. The van der Waals surface area contributed by atoms with Crippen LogP contribution < -0.4 is 5.32 Å². The topological polar surface area (TPSA) is 61.4 Å². The van der Waals surface area contributed by atoms with Crippen molar-refractivity contribution in [2.75, 3.05) is 31.5 Å². The number of piperazine rings is 1. The molecule has 0 spiro atoms. The second-order valence-corrected chi connectivity index (χ2v) is 7.28. The number of benzene rings is 2. The van der Waals surface area contributed by atoms with E-state index in [1.54, 1.807) is 6.07 Å². The summed E-state index contributed by atoms with van der Waals surface area (Å²) in [6.45, 7) is 6.08. The van der Waals surface area contributed by atoms with Gasteiger partial charge in [-0.15, -0.1) is 0 Å². The lowest BCUT2D eigenvalue weighted by molar-refractivity contribution is 0.0622. The smallest absolute Gasteiger partial charge is 0.272 e. The number of nitrogens with one attached hydrogen (secondary N) is 1. The Balaban J connectivity index is 1.37. The third kappa shape index (κ3) is 4.78. The number of amides is 1. The molecule has 1 aliphatic heterocycles. The number of aryl methyl sites for hydroxylation is 1. The lowest BCUT2D eigenvalue weighted by Gasteiger charge is -2.34. The summed E-state index contributed by atoms with van der Waals surface area (Å²) >= 11 is 0. The van der Waals surface area contributed by atoms with Crippen LogP contribution in [-0.2, 0) is 6.54 Å². The number of aromatic nitrogens is 2. The number of hydrogen-bond donors (Lipinski definition) is 1. The van der Waals surface area contributed by atoms with Crippen LogP contribution in [0.25, 0.3) is 0 Å². The van der Waals surface area contributed by atoms with Crippen molar-refractivity contribution in [1.29, 1.82) is 0 Å². The molecule has 1 N–H and O–H groups in total. The number of rotatable bonds is 5. The van der Waals surface area contributed by atoms with Gasteiger partial charge in [0.2, 0.25) is 0 Å². The van der Waals surface area contributed by atoms with Gasteiger partial charge in [0.05, 0.1) is 0 Å². The van der Waals surface area contributed by atoms with E-state index in [9.17, 15) is 4.79 Å². The second-order valence-electron chi connectivity index (χ2n) is 7.28. The van der Waals surface area contributed by atoms with Crippen molar-refractivity contribution >= 4 is 17.4 Å². The van der Waals surface area contributed by atoms with Crippen molar-refractivity contribution in [2.45, 2.75) is 13.5 Å². The van der Waals surface area contributed by atoms with Crippen molar-refractivity contribution in [3.63, 3.8) is 0 Å². The van der Waals surface area contributed by atoms with Gasteiger partial charge in [-0.3, -0.25) is 9.69 Å². The van der Waals surface area contributed by atoms with Gasteiger partial charge >= 0.3 is 0 Å². The molecule has 4 rings (SSSR count). The summed E-state index contributed by atoms with van der Waals surface area (Å²) in [6.07, 6.45) is 1.44. The van der Waals surface area contributed by atoms with E-state index in [1.165, 1.54) is 11.9 Å². The monoisotopic (exact) mass is 387 g/mol. The molecule has 0 saturated carbocycles. The summed E-state index contributed by atoms with van der Waals surface area (Å²) in [4.78, 5) is 25.7. The Bertz CT molecular complexity index is 968. The first kappa shape index (κ1) is 19.1. The molecule has 6 heteroatoms. The van der Waals surface area contributed by atoms with Crippen LogP contribution in [0.5, 0.6) is 0 Å². The molecule has 1 amide bonds. The molecule has 2 heterocycles. The molecule has 29 heavy (non-hydrogen) atoms. The Kier molecular flexibility index (Phi) is 5.81. The molecular weight excluding hydrogens is 362 g/mol. The minimum absolute atomic E-state index is 0.0420. The molecule has 0 unspecified atom stereocenters. The van der Waals surface area contributed by atoms with E-state index in [-0.39, 0.29) is 5.91 Å². The van der Waals surface area contributed by atoms with Gasteiger partial charge in [0.15, 0.2) is 0 Å². The van der Waals surface area contributed by atoms with Gasteiger partial charge in [-0.05, 0) is 24.1 Å². The summed E-state index contributed by atoms with van der Waals surface area (Å²) in [5.41, 5.74) is 3.82. The third-order valence-corrected chi connectivity index (χ3v) is 5.20. The van der Waals surface area contributed by atoms with Crippen LogP contribution in [0.2, 0.25) is 0 Å². The van der Waals surface area contributed by atoms with Gasteiger partial charge in [0.25, 0.3) is 5.91 Å². The Morgan fingerprint density at radius 1 is 0.966 bits per heavy atom. The van der Waals surface area contributed by atoms with Crippen LogP contribution in [0.3, 0.4) is 0 Å². The number of para-hydroxylation sites is 1. The Morgan fingerprint density at radius 3 is 2.45 bits per heavy atom. The van der Waals surface area contributed by atoms with Crippen LogP contribution in [-0.4, -0.2) is 51.9 Å². The Morgan fingerprint density at radius 2 is 1.69 bits per heavy atom. The van der Waals surface area contributed by atoms with Gasteiger partial charge in [-0.25, -0.2) is 9.97 Å². The standard InChI is InChI=1S/C23H25N5O/c1-18-7-5-6-10-20(18)26-22-15-21(24-17-25-22)23(29)28-13-11-27(12-14-28)16-19-8-3-2-4-9-19/h2-10,15,17H,11-14,16H2,1H3,(H,24,25,26). The molecule has 2 aromatic carbocycles. The van der Waals surface area contributed by atoms with Gasteiger partial charge in [0.1, 0.15) is 17.8 Å². The van der Waals surface area contributed by atoms with Gasteiger partial charge in [0, 0.05) is 44.5 Å². The van der Waals surface area contributed by atoms with Gasteiger partial charge in [-0.2, -0.15) is 0 Å². The zero-order valence-electron chi connectivity index (χ0n) is 16.6. The van der Waals surface area contributed by atoms with E-state index in [1.807, 2.05) is 42.2 Å². The van der Waals surface area contributed by atoms with Crippen LogP contribution in [0.1, 0.15) is 21.6 Å². The average Bonchev–Trinajstić information content (AvgIpc) is 2.76. The fourth-order valence-electron chi connectivity index (χ4n) is 3.51. The molecule has 148 valence electrons. The van der Waals surface area contributed by atoms with Crippen molar-refractivity contribution in [2.24, 2.45) is 0 Å². The highest BCUT2D eigenvalue weighted by Gasteiger charge is 2.23. The maximum atomic E-state index is 12.9. The molecule has 1 fully saturated rings. The SMILES string of the molecule is Cc1ccccc1Nc1cc(C(=O)N2CCN(Cc3ccccc3)CC2)ncn1. The molecule has 6 nitrogen and oxygen atoms in total. The first-order valence-corrected chi connectivity index (χ1v) is 9.89. The molecule has 0 atom stereocenters. The predicted molar refractivity (Wildman–Crippen MR) is 114 cm³/mol. The molecule has 0 bridgehead atoms. The van der Waals surface area contributed by atoms with Gasteiger partial charge < -0.3 is 10.2 Å². The third-order valence-electron chi connectivity index (χ3n) is 5.20. The summed E-state index contributed by atoms with van der Waals surface area (Å²) in [5.74, 6) is 0.583. The van der Waals surface area contributed by atoms with Crippen molar-refractivity contribution in [3.8, 4) is 0 Å². The minimum Gasteiger partial charge on any atom is -0.340 e. The van der Waals surface area contributed by atoms with Crippen molar-refractivity contribution < 1.29 is 4.79 Å². The summed E-state index contributed by atoms with van der Waals surface area (Å²) < 4.78 is 0. The number of hydrogen-bond acceptors (Lipinski definition) is 5. The van der Waals surface area contributed by atoms with Crippen LogP contribution in [0.4, 0.5) is 11.5 Å². The van der Waals surface area contributed by atoms with E-state index in [4.69, 9.17) is 0 Å². The lowest BCUT2D eigenvalue weighted by Crippen LogP contribution is -2.48. The van der Waals surface area contributed by atoms with E-state index >= 15 is 0 Å². The van der Waals surface area contributed by atoms with Crippen LogP contribution >= 0.6 is 0 Å². The quantitative estimate of drug-likeness (QED) is 0.726. The largest absolute Gasteiger partial charge is 0.340 e. The fourth-order valence-corrected chi connectivity index (χ4v) is 3.51. The number of carbonyl (C=O) groups excluding carboxylic acids is 1. The number of carbonyl (C=O) groups is 1. The zero-order valence-corrected chi connectivity index (χ0v) is 16.6. The lowest BCUT2D eigenvalue weighted by atomic mass is 10.2. The summed E-state index contributed by atoms with van der Waals surface area (Å²) in [7, 11) is 0. The fraction of sp³-hybridized carbons (Fsp3) is 0.261. The summed E-state index contributed by atoms with van der Waals surface area (Å²) in [5, 5.41) is 3.27. The van der Waals surface area contributed by atoms with Gasteiger partial charge in [-0.1, -0.05) is 48.5 Å². The first-order chi connectivity index (χ1) is 14.2. The van der Waals surface area contributed by atoms with Crippen LogP contribution in [0.15, 0.2) is 67.0 Å². The highest BCUT2D eigenvalue weighted by atomic mass is 16.2. The normalized spacial score (nSPS) is 14.6. The molecule has 1 aliphatic rings. The number of nitrogens with zero attached hydrogens (tertiary/aromatic N) is 4. The molecule has 3 aromatic rings. The average molecular weight is 387 g/mol. The zero-order chi connectivity index (χ0) is 20.1. The van der Waals surface area contributed by atoms with Crippen molar-refractivity contribution in [3.05, 3.63) is 83.8 Å². The molecule has 1 saturated heterocycles. The highest BCUT2D eigenvalue weighted by molar-refractivity contribution is 5.93.